The van der Waals surface area contributed by atoms with Crippen LogP contribution in [-0.2, 0) is 10.8 Å². The fraction of sp³-hybridized carbons (Fsp3) is 0.151. The Labute approximate surface area is 350 Å². The highest BCUT2D eigenvalue weighted by Crippen LogP contribution is 2.57. The highest BCUT2D eigenvalue weighted by Gasteiger charge is 2.40. The number of hydrogen-bond acceptors (Lipinski definition) is 6. The summed E-state index contributed by atoms with van der Waals surface area (Å²) in [5.41, 5.74) is 15.0. The molecule has 9 aromatic rings. The molecule has 0 saturated heterocycles. The lowest BCUT2D eigenvalue weighted by atomic mass is 9.82. The van der Waals surface area contributed by atoms with E-state index < -0.39 is 0 Å². The molecule has 1 aliphatic carbocycles. The van der Waals surface area contributed by atoms with Gasteiger partial charge in [-0.05, 0) is 82.3 Å². The highest BCUT2D eigenvalue weighted by atomic mass is 16.5. The lowest BCUT2D eigenvalue weighted by Gasteiger charge is -2.28. The minimum atomic E-state index is -0.151. The maximum Gasteiger partial charge on any atom is 0.137 e. The number of aromatic nitrogens is 4. The molecule has 0 atom stereocenters. The number of para-hydroxylation sites is 3. The average Bonchev–Trinajstić information content (AvgIpc) is 3.89. The summed E-state index contributed by atoms with van der Waals surface area (Å²) in [6.45, 7) is 12.0. The lowest BCUT2D eigenvalue weighted by molar-refractivity contribution is 0.483. The van der Waals surface area contributed by atoms with E-state index in [1.54, 1.807) is 6.33 Å². The third-order valence-corrected chi connectivity index (χ3v) is 12.5. The highest BCUT2D eigenvalue weighted by molar-refractivity contribution is 6.09. The van der Waals surface area contributed by atoms with Crippen molar-refractivity contribution in [2.24, 2.45) is 0 Å². The van der Waals surface area contributed by atoms with E-state index in [2.05, 4.69) is 192 Å². The molecule has 0 fully saturated rings. The first kappa shape index (κ1) is 35.9. The topological polar surface area (TPSA) is 59.3 Å². The molecule has 0 amide bonds. The molecule has 3 aromatic heterocycles. The minimum absolute atomic E-state index is 0.00870. The molecule has 292 valence electrons. The van der Waals surface area contributed by atoms with Crippen LogP contribution in [0, 0.1) is 0 Å². The van der Waals surface area contributed by atoms with Crippen LogP contribution in [0.3, 0.4) is 0 Å². The summed E-state index contributed by atoms with van der Waals surface area (Å²) in [7, 11) is 0. The Balaban J connectivity index is 0.994. The van der Waals surface area contributed by atoms with E-state index in [0.717, 1.165) is 67.6 Å². The Hall–Kier alpha value is -7.25. The van der Waals surface area contributed by atoms with Crippen molar-refractivity contribution in [3.05, 3.63) is 181 Å². The summed E-state index contributed by atoms with van der Waals surface area (Å²) in [4.78, 5) is 18.6. The Morgan fingerprint density at radius 3 is 2.18 bits per heavy atom. The molecule has 60 heavy (non-hydrogen) atoms. The smallest absolute Gasteiger partial charge is 0.137 e. The van der Waals surface area contributed by atoms with Gasteiger partial charge in [-0.1, -0.05) is 107 Å². The molecule has 0 bridgehead atoms. The van der Waals surface area contributed by atoms with Crippen LogP contribution in [0.1, 0.15) is 51.3 Å². The van der Waals surface area contributed by atoms with Crippen molar-refractivity contribution in [3.8, 4) is 39.6 Å². The standard InChI is InChI=1S/C53H44N6O/c1-52(2,3)35-25-26-56-49(27-35)59-45-18-9-7-15-40(45)41-22-21-38(29-48(41)59)60-37-14-12-13-36(28-37)57-33-58(47-20-11-10-19-46(47)57)51-39(34-30-54-32-55-31-34)23-24-44-50(51)42-16-6-8-17-43(42)53(44,4)5/h6-32H,33H2,1-5H3. The van der Waals surface area contributed by atoms with Crippen LogP contribution in [0.2, 0.25) is 0 Å². The number of anilines is 4. The third-order valence-electron chi connectivity index (χ3n) is 12.5. The number of hydrogen-bond donors (Lipinski definition) is 0. The summed E-state index contributed by atoms with van der Waals surface area (Å²) in [6, 6.07) is 49.8. The molecular formula is C53H44N6O. The van der Waals surface area contributed by atoms with Gasteiger partial charge in [-0.3, -0.25) is 4.57 Å². The minimum Gasteiger partial charge on any atom is -0.457 e. The molecule has 0 unspecified atom stereocenters. The molecular weight excluding hydrogens is 737 g/mol. The Bertz CT molecular complexity index is 3140. The fourth-order valence-electron chi connectivity index (χ4n) is 9.47. The van der Waals surface area contributed by atoms with Gasteiger partial charge in [0.2, 0.25) is 0 Å². The second-order valence-corrected chi connectivity index (χ2v) is 17.5. The van der Waals surface area contributed by atoms with Gasteiger partial charge in [-0.25, -0.2) is 15.0 Å². The van der Waals surface area contributed by atoms with E-state index in [1.165, 1.54) is 33.2 Å². The molecule has 0 N–H and O–H groups in total. The zero-order valence-corrected chi connectivity index (χ0v) is 34.4. The van der Waals surface area contributed by atoms with E-state index >= 15 is 0 Å². The van der Waals surface area contributed by atoms with Crippen LogP contribution < -0.4 is 14.5 Å². The molecule has 7 heteroatoms. The summed E-state index contributed by atoms with van der Waals surface area (Å²) in [5, 5.41) is 2.34. The largest absolute Gasteiger partial charge is 0.457 e. The predicted octanol–water partition coefficient (Wildman–Crippen LogP) is 13.3. The molecule has 11 rings (SSSR count). The molecule has 1 aliphatic heterocycles. The molecule has 7 nitrogen and oxygen atoms in total. The predicted molar refractivity (Wildman–Crippen MR) is 244 cm³/mol. The molecule has 0 radical (unpaired) electrons. The Morgan fingerprint density at radius 1 is 0.617 bits per heavy atom. The van der Waals surface area contributed by atoms with Gasteiger partial charge in [-0.15, -0.1) is 0 Å². The number of rotatable bonds is 6. The van der Waals surface area contributed by atoms with Crippen molar-refractivity contribution in [2.45, 2.75) is 45.4 Å². The van der Waals surface area contributed by atoms with Crippen LogP contribution in [-0.4, -0.2) is 26.2 Å². The lowest BCUT2D eigenvalue weighted by Crippen LogP contribution is -2.25. The van der Waals surface area contributed by atoms with Gasteiger partial charge in [0.25, 0.3) is 0 Å². The number of nitrogens with zero attached hydrogens (tertiary/aromatic N) is 6. The molecule has 6 aromatic carbocycles. The zero-order chi connectivity index (χ0) is 40.8. The summed E-state index contributed by atoms with van der Waals surface area (Å²) < 4.78 is 9.02. The number of benzene rings is 6. The van der Waals surface area contributed by atoms with Crippen molar-refractivity contribution in [1.82, 2.24) is 19.5 Å². The van der Waals surface area contributed by atoms with Crippen molar-refractivity contribution < 1.29 is 4.74 Å². The van der Waals surface area contributed by atoms with Gasteiger partial charge in [0.05, 0.1) is 28.1 Å². The van der Waals surface area contributed by atoms with Crippen LogP contribution in [0.15, 0.2) is 164 Å². The first-order valence-electron chi connectivity index (χ1n) is 20.6. The third kappa shape index (κ3) is 5.60. The maximum absolute atomic E-state index is 6.76. The molecule has 0 spiro atoms. The Morgan fingerprint density at radius 2 is 1.35 bits per heavy atom. The first-order chi connectivity index (χ1) is 29.1. The number of pyridine rings is 1. The van der Waals surface area contributed by atoms with E-state index in [1.807, 2.05) is 24.7 Å². The van der Waals surface area contributed by atoms with Gasteiger partial charge < -0.3 is 14.5 Å². The Kier molecular flexibility index (Phi) is 8.01. The molecule has 4 heterocycles. The van der Waals surface area contributed by atoms with Crippen molar-refractivity contribution in [3.63, 3.8) is 0 Å². The van der Waals surface area contributed by atoms with Crippen LogP contribution in [0.25, 0.3) is 49.9 Å². The summed E-state index contributed by atoms with van der Waals surface area (Å²) in [6.07, 6.45) is 7.35. The van der Waals surface area contributed by atoms with Gasteiger partial charge in [-0.2, -0.15) is 0 Å². The van der Waals surface area contributed by atoms with E-state index in [-0.39, 0.29) is 10.8 Å². The van der Waals surface area contributed by atoms with Gasteiger partial charge in [0.1, 0.15) is 30.3 Å². The van der Waals surface area contributed by atoms with Crippen LogP contribution >= 0.6 is 0 Å². The second kappa shape index (κ2) is 13.4. The normalized spacial score (nSPS) is 14.1. The number of fused-ring (bicyclic) bond motifs is 7. The molecule has 0 saturated carbocycles. The number of ether oxygens (including phenoxy) is 1. The van der Waals surface area contributed by atoms with Crippen molar-refractivity contribution in [1.29, 1.82) is 0 Å². The monoisotopic (exact) mass is 780 g/mol. The molecule has 2 aliphatic rings. The fourth-order valence-corrected chi connectivity index (χ4v) is 9.47. The SMILES string of the molecule is CC(C)(C)c1ccnc(-n2c3ccccc3c3ccc(Oc4cccc(N5CN(c6c(-c7cncnc7)ccc7c6-c6ccccc6C7(C)C)c6ccccc65)c4)cc32)c1. The van der Waals surface area contributed by atoms with E-state index in [4.69, 9.17) is 9.72 Å². The van der Waals surface area contributed by atoms with Crippen molar-refractivity contribution in [2.75, 3.05) is 16.5 Å². The quantitative estimate of drug-likeness (QED) is 0.167. The first-order valence-corrected chi connectivity index (χ1v) is 20.6. The van der Waals surface area contributed by atoms with Gasteiger partial charge >= 0.3 is 0 Å². The maximum atomic E-state index is 6.76. The summed E-state index contributed by atoms with van der Waals surface area (Å²) >= 11 is 0. The van der Waals surface area contributed by atoms with E-state index in [9.17, 15) is 0 Å². The average molecular weight is 781 g/mol. The van der Waals surface area contributed by atoms with Gasteiger partial charge in [0.15, 0.2) is 0 Å². The van der Waals surface area contributed by atoms with Crippen molar-refractivity contribution >= 4 is 44.6 Å². The van der Waals surface area contributed by atoms with E-state index in [0.29, 0.717) is 6.67 Å². The van der Waals surface area contributed by atoms with Gasteiger partial charge in [0, 0.05) is 69.3 Å². The second-order valence-electron chi connectivity index (χ2n) is 17.5. The van der Waals surface area contributed by atoms with Crippen LogP contribution in [0.5, 0.6) is 11.5 Å². The summed E-state index contributed by atoms with van der Waals surface area (Å²) in [5.74, 6) is 2.41. The zero-order valence-electron chi connectivity index (χ0n) is 34.4. The van der Waals surface area contributed by atoms with Crippen LogP contribution in [0.4, 0.5) is 22.7 Å².